The Balaban J connectivity index is 3.15. The highest BCUT2D eigenvalue weighted by Gasteiger charge is 2.12. The van der Waals surface area contributed by atoms with Gasteiger partial charge in [-0.15, -0.1) is 0 Å². The zero-order valence-electron chi connectivity index (χ0n) is 6.14. The Kier molecular flexibility index (Phi) is 2.30. The van der Waals surface area contributed by atoms with Crippen molar-refractivity contribution in [3.63, 3.8) is 0 Å². The van der Waals surface area contributed by atoms with E-state index in [1.807, 2.05) is 0 Å². The Morgan fingerprint density at radius 1 is 1.33 bits per heavy atom. The summed E-state index contributed by atoms with van der Waals surface area (Å²) >= 11 is 0. The molecule has 0 spiro atoms. The third-order valence-corrected chi connectivity index (χ3v) is 1.49. The molecule has 0 bridgehead atoms. The Hall–Kier alpha value is -1.55. The van der Waals surface area contributed by atoms with Gasteiger partial charge < -0.3 is 20.1 Å². The number of benzene rings is 1. The van der Waals surface area contributed by atoms with Crippen molar-refractivity contribution in [2.75, 3.05) is 0 Å². The van der Waals surface area contributed by atoms with E-state index in [-0.39, 0.29) is 17.6 Å². The van der Waals surface area contributed by atoms with Crippen LogP contribution in [0.5, 0.6) is 11.5 Å². The fraction of sp³-hybridized carbons (Fsp3) is 0.125. The standard InChI is InChI=1S/C8H8O4/c9-4-7(11)5-2-1-3-6(10)8(5)12/h1-4,7,10-12H. The molecule has 12 heavy (non-hydrogen) atoms. The lowest BCUT2D eigenvalue weighted by Gasteiger charge is -2.06. The number of aldehydes is 1. The van der Waals surface area contributed by atoms with E-state index in [9.17, 15) is 4.79 Å². The zero-order chi connectivity index (χ0) is 9.14. The average molecular weight is 168 g/mol. The van der Waals surface area contributed by atoms with Gasteiger partial charge in [-0.25, -0.2) is 0 Å². The number of carbonyl (C=O) groups excluding carboxylic acids is 1. The van der Waals surface area contributed by atoms with Crippen LogP contribution in [-0.4, -0.2) is 21.6 Å². The Morgan fingerprint density at radius 3 is 2.58 bits per heavy atom. The number of carbonyl (C=O) groups is 1. The summed E-state index contributed by atoms with van der Waals surface area (Å²) in [5.41, 5.74) is 0.00463. The number of aliphatic hydroxyl groups is 1. The average Bonchev–Trinajstić information content (AvgIpc) is 2.08. The van der Waals surface area contributed by atoms with Crippen LogP contribution in [0.3, 0.4) is 0 Å². The fourth-order valence-electron chi connectivity index (χ4n) is 0.861. The highest BCUT2D eigenvalue weighted by Crippen LogP contribution is 2.31. The molecule has 64 valence electrons. The normalized spacial score (nSPS) is 12.4. The lowest BCUT2D eigenvalue weighted by Crippen LogP contribution is -1.98. The van der Waals surface area contributed by atoms with E-state index in [0.29, 0.717) is 0 Å². The molecule has 0 heterocycles. The molecule has 0 aliphatic heterocycles. The molecule has 1 unspecified atom stereocenters. The number of hydrogen-bond acceptors (Lipinski definition) is 4. The highest BCUT2D eigenvalue weighted by atomic mass is 16.3. The first-order chi connectivity index (χ1) is 5.66. The molecular formula is C8H8O4. The highest BCUT2D eigenvalue weighted by molar-refractivity contribution is 5.63. The number of hydrogen-bond donors (Lipinski definition) is 3. The van der Waals surface area contributed by atoms with Crippen LogP contribution in [-0.2, 0) is 4.79 Å². The molecule has 3 N–H and O–H groups in total. The topological polar surface area (TPSA) is 77.8 Å². The molecule has 4 nitrogen and oxygen atoms in total. The summed E-state index contributed by atoms with van der Waals surface area (Å²) in [4.78, 5) is 10.1. The van der Waals surface area contributed by atoms with Crippen molar-refractivity contribution in [1.82, 2.24) is 0 Å². The van der Waals surface area contributed by atoms with Gasteiger partial charge in [-0.2, -0.15) is 0 Å². The number of aliphatic hydroxyl groups excluding tert-OH is 1. The van der Waals surface area contributed by atoms with Gasteiger partial charge in [0.2, 0.25) is 0 Å². The molecule has 0 aliphatic rings. The summed E-state index contributed by atoms with van der Waals surface area (Å²) in [6.07, 6.45) is -1.12. The van der Waals surface area contributed by atoms with E-state index < -0.39 is 11.9 Å². The fourth-order valence-corrected chi connectivity index (χ4v) is 0.861. The van der Waals surface area contributed by atoms with E-state index in [1.165, 1.54) is 18.2 Å². The molecule has 1 aromatic rings. The van der Waals surface area contributed by atoms with Crippen LogP contribution < -0.4 is 0 Å². The number of aromatic hydroxyl groups is 2. The van der Waals surface area contributed by atoms with Crippen molar-refractivity contribution in [2.45, 2.75) is 6.10 Å². The molecule has 0 amide bonds. The first-order valence-corrected chi connectivity index (χ1v) is 3.31. The van der Waals surface area contributed by atoms with Gasteiger partial charge in [-0.05, 0) is 6.07 Å². The summed E-state index contributed by atoms with van der Waals surface area (Å²) in [7, 11) is 0. The number of phenolic OH excluding ortho intramolecular Hbond substituents is 2. The van der Waals surface area contributed by atoms with Crippen molar-refractivity contribution in [3.8, 4) is 11.5 Å². The molecule has 1 rings (SSSR count). The predicted octanol–water partition coefficient (Wildman–Crippen LogP) is 0.330. The molecule has 0 aliphatic carbocycles. The van der Waals surface area contributed by atoms with Gasteiger partial charge in [0.25, 0.3) is 0 Å². The quantitative estimate of drug-likeness (QED) is 0.439. The van der Waals surface area contributed by atoms with Crippen molar-refractivity contribution < 1.29 is 20.1 Å². The Labute approximate surface area is 68.7 Å². The van der Waals surface area contributed by atoms with Crippen LogP contribution in [0.15, 0.2) is 18.2 Å². The Morgan fingerprint density at radius 2 is 2.00 bits per heavy atom. The van der Waals surface area contributed by atoms with Crippen LogP contribution >= 0.6 is 0 Å². The van der Waals surface area contributed by atoms with Gasteiger partial charge in [-0.1, -0.05) is 12.1 Å². The second-order valence-electron chi connectivity index (χ2n) is 2.30. The van der Waals surface area contributed by atoms with Crippen molar-refractivity contribution >= 4 is 6.29 Å². The molecule has 0 fully saturated rings. The maximum Gasteiger partial charge on any atom is 0.163 e. The largest absolute Gasteiger partial charge is 0.504 e. The minimum atomic E-state index is -1.39. The van der Waals surface area contributed by atoms with Crippen LogP contribution in [0.2, 0.25) is 0 Å². The van der Waals surface area contributed by atoms with Gasteiger partial charge in [0.15, 0.2) is 17.8 Å². The zero-order valence-corrected chi connectivity index (χ0v) is 6.14. The molecule has 0 radical (unpaired) electrons. The minimum absolute atomic E-state index is 0.00463. The lowest BCUT2D eigenvalue weighted by atomic mass is 10.1. The van der Waals surface area contributed by atoms with Crippen molar-refractivity contribution in [2.24, 2.45) is 0 Å². The van der Waals surface area contributed by atoms with Crippen LogP contribution in [0.1, 0.15) is 11.7 Å². The third-order valence-electron chi connectivity index (χ3n) is 1.49. The maximum atomic E-state index is 10.1. The van der Waals surface area contributed by atoms with Crippen LogP contribution in [0.4, 0.5) is 0 Å². The number of phenols is 2. The third kappa shape index (κ3) is 1.38. The predicted molar refractivity (Wildman–Crippen MR) is 40.8 cm³/mol. The summed E-state index contributed by atoms with van der Waals surface area (Å²) < 4.78 is 0. The van der Waals surface area contributed by atoms with Crippen molar-refractivity contribution in [3.05, 3.63) is 23.8 Å². The smallest absolute Gasteiger partial charge is 0.163 e. The van der Waals surface area contributed by atoms with E-state index in [0.717, 1.165) is 0 Å². The molecule has 0 saturated carbocycles. The number of rotatable bonds is 2. The molecule has 4 heteroatoms. The van der Waals surface area contributed by atoms with Gasteiger partial charge in [0, 0.05) is 5.56 Å². The molecular weight excluding hydrogens is 160 g/mol. The van der Waals surface area contributed by atoms with Crippen molar-refractivity contribution in [1.29, 1.82) is 0 Å². The van der Waals surface area contributed by atoms with E-state index in [2.05, 4.69) is 0 Å². The summed E-state index contributed by atoms with van der Waals surface area (Å²) in [5.74, 6) is -0.814. The van der Waals surface area contributed by atoms with E-state index >= 15 is 0 Å². The van der Waals surface area contributed by atoms with E-state index in [1.54, 1.807) is 0 Å². The van der Waals surface area contributed by atoms with Gasteiger partial charge >= 0.3 is 0 Å². The van der Waals surface area contributed by atoms with Gasteiger partial charge in [-0.3, -0.25) is 0 Å². The monoisotopic (exact) mass is 168 g/mol. The maximum absolute atomic E-state index is 10.1. The first-order valence-electron chi connectivity index (χ1n) is 3.31. The molecule has 0 aromatic heterocycles. The second kappa shape index (κ2) is 3.23. The first kappa shape index (κ1) is 8.55. The summed E-state index contributed by atoms with van der Waals surface area (Å²) in [6, 6.07) is 4.04. The lowest BCUT2D eigenvalue weighted by molar-refractivity contribution is -0.115. The Bertz CT molecular complexity index is 295. The second-order valence-corrected chi connectivity index (χ2v) is 2.30. The summed E-state index contributed by atoms with van der Waals surface area (Å²) in [6.45, 7) is 0. The molecule has 0 saturated heterocycles. The minimum Gasteiger partial charge on any atom is -0.504 e. The van der Waals surface area contributed by atoms with Gasteiger partial charge in [0.1, 0.15) is 6.10 Å². The number of para-hydroxylation sites is 1. The van der Waals surface area contributed by atoms with Crippen LogP contribution in [0, 0.1) is 0 Å². The SMILES string of the molecule is O=CC(O)c1cccc(O)c1O. The molecule has 1 atom stereocenters. The summed E-state index contributed by atoms with van der Waals surface area (Å²) in [5, 5.41) is 27.1. The van der Waals surface area contributed by atoms with Crippen LogP contribution in [0.25, 0.3) is 0 Å². The van der Waals surface area contributed by atoms with Gasteiger partial charge in [0.05, 0.1) is 0 Å². The van der Waals surface area contributed by atoms with E-state index in [4.69, 9.17) is 15.3 Å². The molecule has 1 aromatic carbocycles.